The van der Waals surface area contributed by atoms with Crippen molar-refractivity contribution in [2.75, 3.05) is 20.0 Å². The van der Waals surface area contributed by atoms with Crippen LogP contribution in [0.4, 0.5) is 5.69 Å². The normalized spacial score (nSPS) is 8.50. The standard InChI is InChI=1S/C8H11NO2.H2O/c1-10-6-3-4-7(9)8(5-6)11-2;/h3-5H,9H2,1-2H3;1H2. The summed E-state index contributed by atoms with van der Waals surface area (Å²) < 4.78 is 9.96. The lowest BCUT2D eigenvalue weighted by Gasteiger charge is -2.05. The van der Waals surface area contributed by atoms with Crippen molar-refractivity contribution in [2.45, 2.75) is 0 Å². The van der Waals surface area contributed by atoms with Crippen molar-refractivity contribution in [1.82, 2.24) is 0 Å². The van der Waals surface area contributed by atoms with E-state index in [1.54, 1.807) is 32.4 Å². The Kier molecular flexibility index (Phi) is 3.93. The van der Waals surface area contributed by atoms with E-state index in [1.165, 1.54) is 0 Å². The van der Waals surface area contributed by atoms with Gasteiger partial charge in [-0.25, -0.2) is 0 Å². The molecule has 0 atom stereocenters. The van der Waals surface area contributed by atoms with Crippen LogP contribution in [0.1, 0.15) is 0 Å². The minimum Gasteiger partial charge on any atom is -0.497 e. The van der Waals surface area contributed by atoms with Crippen molar-refractivity contribution >= 4 is 5.69 Å². The molecule has 4 nitrogen and oxygen atoms in total. The Balaban J connectivity index is 0.00000121. The third-order valence-corrected chi connectivity index (χ3v) is 1.44. The predicted octanol–water partition coefficient (Wildman–Crippen LogP) is 0.461. The van der Waals surface area contributed by atoms with E-state index in [9.17, 15) is 0 Å². The molecule has 0 aliphatic heterocycles. The highest BCUT2D eigenvalue weighted by Crippen LogP contribution is 2.25. The molecule has 68 valence electrons. The summed E-state index contributed by atoms with van der Waals surface area (Å²) in [5.74, 6) is 1.39. The van der Waals surface area contributed by atoms with Gasteiger partial charge in [-0.2, -0.15) is 0 Å². The van der Waals surface area contributed by atoms with Gasteiger partial charge in [-0.05, 0) is 12.1 Å². The highest BCUT2D eigenvalue weighted by molar-refractivity contribution is 5.55. The number of nitrogen functional groups attached to an aromatic ring is 1. The molecule has 0 aromatic heterocycles. The number of nitrogens with two attached hydrogens (primary N) is 1. The molecule has 1 aromatic rings. The maximum absolute atomic E-state index is 5.57. The molecule has 4 N–H and O–H groups in total. The number of benzene rings is 1. The van der Waals surface area contributed by atoms with Crippen molar-refractivity contribution in [3.63, 3.8) is 0 Å². The summed E-state index contributed by atoms with van der Waals surface area (Å²) in [5.41, 5.74) is 6.19. The van der Waals surface area contributed by atoms with Crippen molar-refractivity contribution in [1.29, 1.82) is 0 Å². The Morgan fingerprint density at radius 1 is 1.17 bits per heavy atom. The van der Waals surface area contributed by atoms with Crippen LogP contribution in [0.15, 0.2) is 18.2 Å². The smallest absolute Gasteiger partial charge is 0.145 e. The van der Waals surface area contributed by atoms with Gasteiger partial charge in [0, 0.05) is 6.07 Å². The molecule has 1 aromatic carbocycles. The molecule has 12 heavy (non-hydrogen) atoms. The maximum Gasteiger partial charge on any atom is 0.145 e. The fourth-order valence-electron chi connectivity index (χ4n) is 0.818. The van der Waals surface area contributed by atoms with Crippen molar-refractivity contribution in [3.8, 4) is 11.5 Å². The van der Waals surface area contributed by atoms with Crippen molar-refractivity contribution in [2.24, 2.45) is 0 Å². The van der Waals surface area contributed by atoms with Crippen LogP contribution in [0.25, 0.3) is 0 Å². The molecule has 1 rings (SSSR count). The summed E-state index contributed by atoms with van der Waals surface area (Å²) in [7, 11) is 3.18. The molecular formula is C8H13NO3. The van der Waals surface area contributed by atoms with Crippen LogP contribution < -0.4 is 15.2 Å². The van der Waals surface area contributed by atoms with E-state index in [1.807, 2.05) is 0 Å². The number of ether oxygens (including phenoxy) is 2. The van der Waals surface area contributed by atoms with Gasteiger partial charge in [0.05, 0.1) is 19.9 Å². The number of hydrogen-bond acceptors (Lipinski definition) is 3. The first-order chi connectivity index (χ1) is 5.27. The van der Waals surface area contributed by atoms with Crippen LogP contribution >= 0.6 is 0 Å². The number of methoxy groups -OCH3 is 2. The minimum atomic E-state index is 0. The molecular weight excluding hydrogens is 158 g/mol. The summed E-state index contributed by atoms with van der Waals surface area (Å²) in [4.78, 5) is 0. The average Bonchev–Trinajstić information content (AvgIpc) is 2.05. The minimum absolute atomic E-state index is 0. The molecule has 0 saturated heterocycles. The molecule has 0 saturated carbocycles. The Morgan fingerprint density at radius 2 is 1.83 bits per heavy atom. The van der Waals surface area contributed by atoms with Crippen LogP contribution in [0, 0.1) is 0 Å². The Morgan fingerprint density at radius 3 is 2.33 bits per heavy atom. The molecule has 4 heteroatoms. The van der Waals surface area contributed by atoms with E-state index < -0.39 is 0 Å². The lowest BCUT2D eigenvalue weighted by molar-refractivity contribution is 0.395. The highest BCUT2D eigenvalue weighted by atomic mass is 16.5. The lowest BCUT2D eigenvalue weighted by atomic mass is 10.3. The van der Waals surface area contributed by atoms with Crippen LogP contribution in [-0.4, -0.2) is 19.7 Å². The fourth-order valence-corrected chi connectivity index (χ4v) is 0.818. The molecule has 0 aliphatic rings. The second-order valence-electron chi connectivity index (χ2n) is 2.11. The van der Waals surface area contributed by atoms with E-state index >= 15 is 0 Å². The lowest BCUT2D eigenvalue weighted by Crippen LogP contribution is -1.92. The monoisotopic (exact) mass is 171 g/mol. The van der Waals surface area contributed by atoms with E-state index in [0.717, 1.165) is 5.75 Å². The van der Waals surface area contributed by atoms with E-state index in [2.05, 4.69) is 0 Å². The second kappa shape index (κ2) is 4.46. The third-order valence-electron chi connectivity index (χ3n) is 1.44. The molecule has 0 radical (unpaired) electrons. The first-order valence-electron chi connectivity index (χ1n) is 3.25. The summed E-state index contributed by atoms with van der Waals surface area (Å²) in [6.07, 6.45) is 0. The maximum atomic E-state index is 5.57. The molecule has 0 spiro atoms. The van der Waals surface area contributed by atoms with Gasteiger partial charge in [-0.3, -0.25) is 0 Å². The van der Waals surface area contributed by atoms with Gasteiger partial charge < -0.3 is 20.7 Å². The topological polar surface area (TPSA) is 76.0 Å². The zero-order chi connectivity index (χ0) is 8.27. The van der Waals surface area contributed by atoms with Gasteiger partial charge in [0.2, 0.25) is 0 Å². The molecule has 0 bridgehead atoms. The molecule has 0 unspecified atom stereocenters. The van der Waals surface area contributed by atoms with Crippen molar-refractivity contribution < 1.29 is 14.9 Å². The highest BCUT2D eigenvalue weighted by Gasteiger charge is 1.99. The molecule has 0 aliphatic carbocycles. The second-order valence-corrected chi connectivity index (χ2v) is 2.11. The van der Waals surface area contributed by atoms with Gasteiger partial charge in [0.15, 0.2) is 0 Å². The third kappa shape index (κ3) is 2.03. The summed E-state index contributed by atoms with van der Waals surface area (Å²) in [6, 6.07) is 5.28. The zero-order valence-electron chi connectivity index (χ0n) is 7.13. The fraction of sp³-hybridized carbons (Fsp3) is 0.250. The summed E-state index contributed by atoms with van der Waals surface area (Å²) >= 11 is 0. The number of anilines is 1. The van der Waals surface area contributed by atoms with Crippen LogP contribution in [0.3, 0.4) is 0 Å². The van der Waals surface area contributed by atoms with E-state index in [-0.39, 0.29) is 5.48 Å². The van der Waals surface area contributed by atoms with Crippen LogP contribution in [-0.2, 0) is 0 Å². The average molecular weight is 171 g/mol. The number of rotatable bonds is 2. The van der Waals surface area contributed by atoms with Crippen LogP contribution in [0.5, 0.6) is 11.5 Å². The van der Waals surface area contributed by atoms with Gasteiger partial charge in [-0.1, -0.05) is 0 Å². The Labute approximate surface area is 71.2 Å². The molecule has 0 heterocycles. The largest absolute Gasteiger partial charge is 0.497 e. The Bertz CT molecular complexity index is 250. The quantitative estimate of drug-likeness (QED) is 0.657. The first-order valence-corrected chi connectivity index (χ1v) is 3.25. The SMILES string of the molecule is COc1ccc(N)c(OC)c1.O. The Hall–Kier alpha value is -1.42. The molecule has 0 amide bonds. The zero-order valence-corrected chi connectivity index (χ0v) is 7.13. The molecule has 0 fully saturated rings. The van der Waals surface area contributed by atoms with E-state index in [4.69, 9.17) is 15.2 Å². The van der Waals surface area contributed by atoms with E-state index in [0.29, 0.717) is 11.4 Å². The van der Waals surface area contributed by atoms with Crippen molar-refractivity contribution in [3.05, 3.63) is 18.2 Å². The predicted molar refractivity (Wildman–Crippen MR) is 47.6 cm³/mol. The van der Waals surface area contributed by atoms with Gasteiger partial charge >= 0.3 is 0 Å². The van der Waals surface area contributed by atoms with Crippen LogP contribution in [0.2, 0.25) is 0 Å². The van der Waals surface area contributed by atoms with Gasteiger partial charge in [-0.15, -0.1) is 0 Å². The number of hydrogen-bond donors (Lipinski definition) is 1. The van der Waals surface area contributed by atoms with Gasteiger partial charge in [0.1, 0.15) is 11.5 Å². The van der Waals surface area contributed by atoms with Gasteiger partial charge in [0.25, 0.3) is 0 Å². The summed E-state index contributed by atoms with van der Waals surface area (Å²) in [5, 5.41) is 0. The first kappa shape index (κ1) is 10.6. The summed E-state index contributed by atoms with van der Waals surface area (Å²) in [6.45, 7) is 0.